The quantitative estimate of drug-likeness (QED) is 0.492. The van der Waals surface area contributed by atoms with Crippen molar-refractivity contribution in [3.63, 3.8) is 0 Å². The molecule has 2 heteroatoms. The normalized spacial score (nSPS) is 13.5. The summed E-state index contributed by atoms with van der Waals surface area (Å²) in [6, 6.07) is 0. The molecule has 0 aromatic heterocycles. The van der Waals surface area contributed by atoms with Crippen LogP contribution in [0.25, 0.3) is 0 Å². The standard InChI is InChI=1S/C8H17BrS/c1-3-10-7-5-8(2)4-6-9/h8H,3-7H2,1-2H3. The van der Waals surface area contributed by atoms with Crippen molar-refractivity contribution >= 4 is 27.7 Å². The number of alkyl halides is 1. The van der Waals surface area contributed by atoms with Gasteiger partial charge in [0, 0.05) is 5.33 Å². The van der Waals surface area contributed by atoms with E-state index in [4.69, 9.17) is 0 Å². The van der Waals surface area contributed by atoms with E-state index in [0.29, 0.717) is 0 Å². The van der Waals surface area contributed by atoms with Gasteiger partial charge in [-0.25, -0.2) is 0 Å². The fraction of sp³-hybridized carbons (Fsp3) is 1.00. The molecule has 0 spiro atoms. The topological polar surface area (TPSA) is 0 Å². The Morgan fingerprint density at radius 1 is 1.40 bits per heavy atom. The van der Waals surface area contributed by atoms with Crippen LogP contribution >= 0.6 is 27.7 Å². The van der Waals surface area contributed by atoms with Gasteiger partial charge >= 0.3 is 0 Å². The van der Waals surface area contributed by atoms with E-state index in [2.05, 4.69) is 29.8 Å². The van der Waals surface area contributed by atoms with Crippen molar-refractivity contribution in [1.29, 1.82) is 0 Å². The van der Waals surface area contributed by atoms with Gasteiger partial charge in [0.1, 0.15) is 0 Å². The zero-order valence-electron chi connectivity index (χ0n) is 6.90. The largest absolute Gasteiger partial charge is 0.162 e. The van der Waals surface area contributed by atoms with Crippen LogP contribution < -0.4 is 0 Å². The summed E-state index contributed by atoms with van der Waals surface area (Å²) in [5.74, 6) is 3.50. The molecule has 0 N–H and O–H groups in total. The number of thioether (sulfide) groups is 1. The maximum Gasteiger partial charge on any atom is 0.00338 e. The van der Waals surface area contributed by atoms with E-state index >= 15 is 0 Å². The third-order valence-corrected chi connectivity index (χ3v) is 2.95. The average Bonchev–Trinajstić information content (AvgIpc) is 1.89. The van der Waals surface area contributed by atoms with E-state index in [-0.39, 0.29) is 0 Å². The minimum atomic E-state index is 0.901. The molecule has 0 aromatic rings. The van der Waals surface area contributed by atoms with Gasteiger partial charge < -0.3 is 0 Å². The summed E-state index contributed by atoms with van der Waals surface area (Å²) in [6.07, 6.45) is 2.70. The first-order valence-corrected chi connectivity index (χ1v) is 6.22. The summed E-state index contributed by atoms with van der Waals surface area (Å²) in [4.78, 5) is 0. The van der Waals surface area contributed by atoms with Crippen LogP contribution in [-0.2, 0) is 0 Å². The van der Waals surface area contributed by atoms with Crippen molar-refractivity contribution in [3.05, 3.63) is 0 Å². The molecular formula is C8H17BrS. The third-order valence-electron chi connectivity index (χ3n) is 1.56. The maximum absolute atomic E-state index is 3.45. The van der Waals surface area contributed by atoms with Crippen LogP contribution in [0.3, 0.4) is 0 Å². The molecule has 0 aliphatic heterocycles. The molecule has 62 valence electrons. The van der Waals surface area contributed by atoms with E-state index in [9.17, 15) is 0 Å². The predicted molar refractivity (Wildman–Crippen MR) is 55.2 cm³/mol. The van der Waals surface area contributed by atoms with Crippen molar-refractivity contribution in [2.75, 3.05) is 16.8 Å². The highest BCUT2D eigenvalue weighted by atomic mass is 79.9. The number of hydrogen-bond acceptors (Lipinski definition) is 1. The predicted octanol–water partition coefficient (Wildman–Crippen LogP) is 3.55. The van der Waals surface area contributed by atoms with Crippen LogP contribution in [0.2, 0.25) is 0 Å². The molecule has 0 fully saturated rings. The van der Waals surface area contributed by atoms with E-state index in [1.807, 2.05) is 11.8 Å². The van der Waals surface area contributed by atoms with Crippen molar-refractivity contribution < 1.29 is 0 Å². The summed E-state index contributed by atoms with van der Waals surface area (Å²) in [5.41, 5.74) is 0. The van der Waals surface area contributed by atoms with Crippen LogP contribution in [0.15, 0.2) is 0 Å². The molecule has 0 rings (SSSR count). The Labute approximate surface area is 77.3 Å². The van der Waals surface area contributed by atoms with E-state index < -0.39 is 0 Å². The molecule has 0 nitrogen and oxygen atoms in total. The fourth-order valence-electron chi connectivity index (χ4n) is 0.759. The van der Waals surface area contributed by atoms with Crippen molar-refractivity contribution in [3.8, 4) is 0 Å². The minimum absolute atomic E-state index is 0.901. The molecule has 0 saturated carbocycles. The second-order valence-corrected chi connectivity index (χ2v) is 4.76. The highest BCUT2D eigenvalue weighted by molar-refractivity contribution is 9.09. The molecule has 0 bridgehead atoms. The number of hydrogen-bond donors (Lipinski definition) is 0. The Morgan fingerprint density at radius 2 is 2.10 bits per heavy atom. The van der Waals surface area contributed by atoms with Gasteiger partial charge in [-0.3, -0.25) is 0 Å². The minimum Gasteiger partial charge on any atom is -0.162 e. The number of halogens is 1. The summed E-state index contributed by atoms with van der Waals surface area (Å²) in [7, 11) is 0. The lowest BCUT2D eigenvalue weighted by molar-refractivity contribution is 0.555. The van der Waals surface area contributed by atoms with Crippen molar-refractivity contribution in [1.82, 2.24) is 0 Å². The molecule has 0 radical (unpaired) electrons. The van der Waals surface area contributed by atoms with Crippen LogP contribution in [0.5, 0.6) is 0 Å². The Morgan fingerprint density at radius 3 is 2.60 bits per heavy atom. The summed E-state index contributed by atoms with van der Waals surface area (Å²) in [5, 5.41) is 1.16. The van der Waals surface area contributed by atoms with Gasteiger partial charge in [0.2, 0.25) is 0 Å². The Kier molecular flexibility index (Phi) is 8.59. The van der Waals surface area contributed by atoms with Crippen LogP contribution in [0.4, 0.5) is 0 Å². The highest BCUT2D eigenvalue weighted by Gasteiger charge is 1.99. The average molecular weight is 225 g/mol. The monoisotopic (exact) mass is 224 g/mol. The van der Waals surface area contributed by atoms with Crippen molar-refractivity contribution in [2.24, 2.45) is 5.92 Å². The summed E-state index contributed by atoms with van der Waals surface area (Å²) < 4.78 is 0. The lowest BCUT2D eigenvalue weighted by Gasteiger charge is -2.07. The van der Waals surface area contributed by atoms with Gasteiger partial charge in [0.25, 0.3) is 0 Å². The molecule has 1 unspecified atom stereocenters. The first-order chi connectivity index (χ1) is 4.81. The molecule has 0 aromatic carbocycles. The second-order valence-electron chi connectivity index (χ2n) is 2.57. The van der Waals surface area contributed by atoms with Gasteiger partial charge in [-0.2, -0.15) is 11.8 Å². The first kappa shape index (κ1) is 10.8. The van der Waals surface area contributed by atoms with Gasteiger partial charge in [-0.15, -0.1) is 0 Å². The molecule has 0 heterocycles. The molecular weight excluding hydrogens is 208 g/mol. The first-order valence-electron chi connectivity index (χ1n) is 3.95. The molecule has 0 aliphatic rings. The summed E-state index contributed by atoms with van der Waals surface area (Å²) >= 11 is 5.50. The zero-order valence-corrected chi connectivity index (χ0v) is 9.30. The Balaban J connectivity index is 2.97. The highest BCUT2D eigenvalue weighted by Crippen LogP contribution is 2.12. The fourth-order valence-corrected chi connectivity index (χ4v) is 2.40. The lowest BCUT2D eigenvalue weighted by Crippen LogP contribution is -1.96. The van der Waals surface area contributed by atoms with Gasteiger partial charge in [-0.1, -0.05) is 29.8 Å². The molecule has 10 heavy (non-hydrogen) atoms. The zero-order chi connectivity index (χ0) is 7.82. The SMILES string of the molecule is CCSCCC(C)CCBr. The molecule has 1 atom stereocenters. The van der Waals surface area contributed by atoms with Crippen molar-refractivity contribution in [2.45, 2.75) is 26.7 Å². The smallest absolute Gasteiger partial charge is 0.00338 e. The van der Waals surface area contributed by atoms with Crippen LogP contribution in [0.1, 0.15) is 26.7 Å². The van der Waals surface area contributed by atoms with E-state index in [1.165, 1.54) is 24.3 Å². The van der Waals surface area contributed by atoms with Crippen LogP contribution in [0, 0.1) is 5.92 Å². The number of rotatable bonds is 6. The van der Waals surface area contributed by atoms with Gasteiger partial charge in [0.05, 0.1) is 0 Å². The van der Waals surface area contributed by atoms with E-state index in [1.54, 1.807) is 0 Å². The maximum atomic E-state index is 3.45. The Bertz CT molecular complexity index is 66.3. The van der Waals surface area contributed by atoms with Gasteiger partial charge in [0.15, 0.2) is 0 Å². The van der Waals surface area contributed by atoms with Crippen LogP contribution in [-0.4, -0.2) is 16.8 Å². The molecule has 0 saturated heterocycles. The molecule has 0 aliphatic carbocycles. The van der Waals surface area contributed by atoms with Gasteiger partial charge in [-0.05, 0) is 30.3 Å². The second kappa shape index (κ2) is 7.93. The third kappa shape index (κ3) is 6.94. The molecule has 0 amide bonds. The van der Waals surface area contributed by atoms with E-state index in [0.717, 1.165) is 11.2 Å². The Hall–Kier alpha value is 0.830. The lowest BCUT2D eigenvalue weighted by atomic mass is 10.1. The summed E-state index contributed by atoms with van der Waals surface area (Å²) in [6.45, 7) is 4.55.